The molecule has 234 valence electrons. The molecule has 0 bridgehead atoms. The fourth-order valence-electron chi connectivity index (χ4n) is 5.06. The number of carbonyl (C=O) groups excluding carboxylic acids is 1. The third kappa shape index (κ3) is 6.59. The van der Waals surface area contributed by atoms with Crippen molar-refractivity contribution in [1.29, 1.82) is 0 Å². The first-order chi connectivity index (χ1) is 21.1. The number of anilines is 1. The van der Waals surface area contributed by atoms with Crippen molar-refractivity contribution < 1.29 is 28.2 Å². The number of aliphatic hydroxyl groups excluding tert-OH is 2. The van der Waals surface area contributed by atoms with E-state index in [9.17, 15) is 23.4 Å². The molecule has 0 unspecified atom stereocenters. The average Bonchev–Trinajstić information content (AvgIpc) is 3.57. The second-order valence-electron chi connectivity index (χ2n) is 10.8. The number of sulfonamides is 1. The Balaban J connectivity index is 1.52. The lowest BCUT2D eigenvalue weighted by Gasteiger charge is -2.20. The number of hydrogen-bond acceptors (Lipinski definition) is 10. The van der Waals surface area contributed by atoms with Gasteiger partial charge in [-0.15, -0.1) is 0 Å². The summed E-state index contributed by atoms with van der Waals surface area (Å²) in [6.45, 7) is 5.41. The Hall–Kier alpha value is -3.95. The Morgan fingerprint density at radius 3 is 2.23 bits per heavy atom. The number of benzene rings is 2. The number of nitrogens with zero attached hydrogens (tertiary/aromatic N) is 4. The normalized spacial score (nSPS) is 20.4. The molecule has 0 aliphatic carbocycles. The summed E-state index contributed by atoms with van der Waals surface area (Å²) in [6.07, 6.45) is -4.05. The summed E-state index contributed by atoms with van der Waals surface area (Å²) < 4.78 is 34.8. The monoisotopic (exact) mass is 623 g/mol. The van der Waals surface area contributed by atoms with Crippen molar-refractivity contribution in [3.05, 3.63) is 83.9 Å². The van der Waals surface area contributed by atoms with Crippen molar-refractivity contribution in [3.8, 4) is 0 Å². The molecule has 4 atom stereocenters. The lowest BCUT2D eigenvalue weighted by Crippen LogP contribution is -2.42. The van der Waals surface area contributed by atoms with Crippen molar-refractivity contribution in [1.82, 2.24) is 29.6 Å². The molecule has 13 nitrogen and oxygen atoms in total. The molecule has 1 amide bonds. The molecule has 0 saturated carbocycles. The van der Waals surface area contributed by atoms with E-state index in [-0.39, 0.29) is 23.9 Å². The van der Waals surface area contributed by atoms with Gasteiger partial charge in [0.15, 0.2) is 29.3 Å². The third-order valence-corrected chi connectivity index (χ3v) is 9.31. The summed E-state index contributed by atoms with van der Waals surface area (Å²) in [5, 5.41) is 26.8. The molecule has 3 heterocycles. The average molecular weight is 624 g/mol. The SMILES string of the molecule is CCNC(=O)[C@H]1O[C@@H](n2cnc3c(NCC(c4ccccc4)c4ccccc4)nc(CNS(=O)(=O)C(C)C)nc32)[C@H](O)[C@@H]1O. The van der Waals surface area contributed by atoms with Gasteiger partial charge in [0.05, 0.1) is 18.1 Å². The van der Waals surface area contributed by atoms with Gasteiger partial charge in [-0.1, -0.05) is 60.7 Å². The minimum atomic E-state index is -3.63. The number of hydrogen-bond donors (Lipinski definition) is 5. The van der Waals surface area contributed by atoms with Crippen LogP contribution < -0.4 is 15.4 Å². The first-order valence-corrected chi connectivity index (χ1v) is 16.0. The van der Waals surface area contributed by atoms with Crippen LogP contribution in [0.25, 0.3) is 11.2 Å². The Morgan fingerprint density at radius 2 is 1.64 bits per heavy atom. The van der Waals surface area contributed by atoms with E-state index < -0.39 is 45.7 Å². The molecule has 14 heteroatoms. The maximum absolute atomic E-state index is 12.5. The highest BCUT2D eigenvalue weighted by atomic mass is 32.2. The fraction of sp³-hybridized carbons (Fsp3) is 0.400. The van der Waals surface area contributed by atoms with E-state index in [0.29, 0.717) is 24.4 Å². The molecule has 1 aliphatic heterocycles. The maximum atomic E-state index is 12.5. The zero-order valence-electron chi connectivity index (χ0n) is 24.7. The lowest BCUT2D eigenvalue weighted by molar-refractivity contribution is -0.137. The van der Waals surface area contributed by atoms with E-state index in [4.69, 9.17) is 4.74 Å². The second-order valence-corrected chi connectivity index (χ2v) is 13.1. The van der Waals surface area contributed by atoms with Crippen molar-refractivity contribution in [2.45, 2.75) is 63.0 Å². The summed E-state index contributed by atoms with van der Waals surface area (Å²) in [4.78, 5) is 26.1. The first kappa shape index (κ1) is 31.5. The minimum absolute atomic E-state index is 0.0552. The molecular weight excluding hydrogens is 586 g/mol. The Morgan fingerprint density at radius 1 is 1.00 bits per heavy atom. The number of imidazole rings is 1. The third-order valence-electron chi connectivity index (χ3n) is 7.52. The molecule has 5 N–H and O–H groups in total. The second kappa shape index (κ2) is 13.4. The molecule has 1 aliphatic rings. The minimum Gasteiger partial charge on any atom is -0.387 e. The van der Waals surface area contributed by atoms with Gasteiger partial charge < -0.3 is 25.6 Å². The predicted molar refractivity (Wildman–Crippen MR) is 164 cm³/mol. The van der Waals surface area contributed by atoms with Crippen molar-refractivity contribution in [2.75, 3.05) is 18.4 Å². The topological polar surface area (TPSA) is 181 Å². The van der Waals surface area contributed by atoms with Crippen LogP contribution in [0.15, 0.2) is 67.0 Å². The number of likely N-dealkylation sites (N-methyl/N-ethyl adjacent to an activating group) is 1. The zero-order valence-corrected chi connectivity index (χ0v) is 25.5. The van der Waals surface area contributed by atoms with Gasteiger partial charge in [0.1, 0.15) is 18.0 Å². The number of carbonyl (C=O) groups is 1. The van der Waals surface area contributed by atoms with Crippen LogP contribution in [0.3, 0.4) is 0 Å². The molecular formula is C30H37N7O6S. The van der Waals surface area contributed by atoms with Gasteiger partial charge in [-0.3, -0.25) is 9.36 Å². The van der Waals surface area contributed by atoms with Crippen molar-refractivity contribution in [2.24, 2.45) is 0 Å². The van der Waals surface area contributed by atoms with Crippen LogP contribution >= 0.6 is 0 Å². The maximum Gasteiger partial charge on any atom is 0.252 e. The molecule has 5 rings (SSSR count). The van der Waals surface area contributed by atoms with E-state index >= 15 is 0 Å². The van der Waals surface area contributed by atoms with Gasteiger partial charge in [0, 0.05) is 19.0 Å². The van der Waals surface area contributed by atoms with Crippen LogP contribution in [0.5, 0.6) is 0 Å². The number of nitrogens with one attached hydrogen (secondary N) is 3. The van der Waals surface area contributed by atoms with E-state index in [0.717, 1.165) is 11.1 Å². The zero-order chi connectivity index (χ0) is 31.4. The highest BCUT2D eigenvalue weighted by Gasteiger charge is 2.47. The summed E-state index contributed by atoms with van der Waals surface area (Å²) in [5.74, 6) is -0.118. The summed E-state index contributed by atoms with van der Waals surface area (Å²) in [5.41, 5.74) is 2.73. The van der Waals surface area contributed by atoms with Crippen LogP contribution in [-0.4, -0.2) is 80.7 Å². The number of rotatable bonds is 12. The predicted octanol–water partition coefficient (Wildman–Crippen LogP) is 1.65. The van der Waals surface area contributed by atoms with E-state index in [1.54, 1.807) is 20.8 Å². The van der Waals surface area contributed by atoms with E-state index in [1.807, 2.05) is 60.7 Å². The summed E-state index contributed by atoms with van der Waals surface area (Å²) >= 11 is 0. The van der Waals surface area contributed by atoms with Crippen LogP contribution in [0.4, 0.5) is 5.82 Å². The molecule has 0 radical (unpaired) electrons. The van der Waals surface area contributed by atoms with Gasteiger partial charge in [0.25, 0.3) is 5.91 Å². The van der Waals surface area contributed by atoms with Gasteiger partial charge in [-0.2, -0.15) is 0 Å². The van der Waals surface area contributed by atoms with Crippen LogP contribution in [0, 0.1) is 0 Å². The van der Waals surface area contributed by atoms with E-state index in [2.05, 4.69) is 30.3 Å². The molecule has 1 saturated heterocycles. The van der Waals surface area contributed by atoms with Crippen molar-refractivity contribution in [3.63, 3.8) is 0 Å². The largest absolute Gasteiger partial charge is 0.387 e. The van der Waals surface area contributed by atoms with Crippen LogP contribution in [0.1, 0.15) is 49.9 Å². The van der Waals surface area contributed by atoms with Gasteiger partial charge in [0.2, 0.25) is 10.0 Å². The first-order valence-electron chi connectivity index (χ1n) is 14.5. The van der Waals surface area contributed by atoms with Gasteiger partial charge in [-0.25, -0.2) is 28.1 Å². The number of fused-ring (bicyclic) bond motifs is 1. The Bertz CT molecular complexity index is 1640. The summed E-state index contributed by atoms with van der Waals surface area (Å²) in [7, 11) is -3.63. The number of aliphatic hydroxyl groups is 2. The van der Waals surface area contributed by atoms with Crippen molar-refractivity contribution >= 4 is 32.9 Å². The Kier molecular flexibility index (Phi) is 9.56. The molecule has 2 aromatic heterocycles. The molecule has 1 fully saturated rings. The highest BCUT2D eigenvalue weighted by molar-refractivity contribution is 7.90. The smallest absolute Gasteiger partial charge is 0.252 e. The van der Waals surface area contributed by atoms with E-state index in [1.165, 1.54) is 10.9 Å². The quantitative estimate of drug-likeness (QED) is 0.156. The lowest BCUT2D eigenvalue weighted by atomic mass is 9.91. The standard InChI is InChI=1S/C30H37N7O6S/c1-4-31-29(40)26-24(38)25(39)30(43-26)37-17-33-23-27(35-22(36-28(23)37)16-34-44(41,42)18(2)3)32-15-21(19-11-7-5-8-12-19)20-13-9-6-10-14-20/h5-14,17-18,21,24-26,30,34,38-39H,4,15-16H2,1-3H3,(H,31,40)(H,32,35,36)/t24-,25+,26-,30+/m0/s1. The fourth-order valence-corrected chi connectivity index (χ4v) is 5.72. The van der Waals surface area contributed by atoms with Gasteiger partial charge in [-0.05, 0) is 31.9 Å². The molecule has 0 spiro atoms. The molecule has 4 aromatic rings. The Labute approximate surface area is 255 Å². The molecule has 44 heavy (non-hydrogen) atoms. The molecule has 2 aromatic carbocycles. The number of aromatic nitrogens is 4. The van der Waals surface area contributed by atoms with Gasteiger partial charge >= 0.3 is 0 Å². The number of amides is 1. The van der Waals surface area contributed by atoms with Crippen LogP contribution in [-0.2, 0) is 26.1 Å². The number of ether oxygens (including phenoxy) is 1. The highest BCUT2D eigenvalue weighted by Crippen LogP contribution is 2.33. The van der Waals surface area contributed by atoms with Crippen LogP contribution in [0.2, 0.25) is 0 Å². The summed E-state index contributed by atoms with van der Waals surface area (Å²) in [6, 6.07) is 20.0.